The molecule has 0 fully saturated rings. The molecule has 170 valence electrons. The number of nitrogens with one attached hydrogen (secondary N) is 1. The molecular formula is C27H24N4O3. The topological polar surface area (TPSA) is 70.4 Å². The van der Waals surface area contributed by atoms with Crippen molar-refractivity contribution in [2.45, 2.75) is 19.1 Å². The summed E-state index contributed by atoms with van der Waals surface area (Å²) in [6.45, 7) is 2.09. The molecule has 34 heavy (non-hydrogen) atoms. The van der Waals surface area contributed by atoms with Gasteiger partial charge in [0.2, 0.25) is 5.95 Å². The van der Waals surface area contributed by atoms with E-state index in [1.165, 1.54) is 5.56 Å². The molecule has 2 aliphatic rings. The van der Waals surface area contributed by atoms with Crippen molar-refractivity contribution in [1.82, 2.24) is 14.8 Å². The van der Waals surface area contributed by atoms with E-state index >= 15 is 0 Å². The molecule has 0 aliphatic carbocycles. The SMILES string of the molecule is COc1ccc([C@H]2C3=C(Nc4ncnn42)c2cc(OC)ccc2O[C@@H]3c2ccc(C)cc2)cc1. The highest BCUT2D eigenvalue weighted by atomic mass is 16.5. The number of hydrogen-bond donors (Lipinski definition) is 1. The van der Waals surface area contributed by atoms with E-state index in [0.29, 0.717) is 5.95 Å². The first-order chi connectivity index (χ1) is 16.7. The Bertz CT molecular complexity index is 1390. The van der Waals surface area contributed by atoms with Gasteiger partial charge in [-0.25, -0.2) is 4.68 Å². The third-order valence-electron chi connectivity index (χ3n) is 6.43. The van der Waals surface area contributed by atoms with Crippen LogP contribution in [0.3, 0.4) is 0 Å². The molecule has 0 bridgehead atoms. The van der Waals surface area contributed by atoms with Gasteiger partial charge in [-0.3, -0.25) is 0 Å². The molecule has 3 heterocycles. The third-order valence-corrected chi connectivity index (χ3v) is 6.43. The summed E-state index contributed by atoms with van der Waals surface area (Å²) in [5, 5.41) is 8.11. The summed E-state index contributed by atoms with van der Waals surface area (Å²) in [6.07, 6.45) is 1.26. The second-order valence-electron chi connectivity index (χ2n) is 8.43. The van der Waals surface area contributed by atoms with Gasteiger partial charge in [-0.1, -0.05) is 42.0 Å². The van der Waals surface area contributed by atoms with Gasteiger partial charge in [-0.2, -0.15) is 10.1 Å². The fraction of sp³-hybridized carbons (Fsp3) is 0.185. The molecule has 0 saturated heterocycles. The van der Waals surface area contributed by atoms with Gasteiger partial charge in [0.1, 0.15) is 35.7 Å². The molecule has 0 unspecified atom stereocenters. The second-order valence-corrected chi connectivity index (χ2v) is 8.43. The number of anilines is 1. The van der Waals surface area contributed by atoms with Gasteiger partial charge >= 0.3 is 0 Å². The molecule has 1 N–H and O–H groups in total. The van der Waals surface area contributed by atoms with Gasteiger partial charge in [0.15, 0.2) is 0 Å². The van der Waals surface area contributed by atoms with E-state index in [1.807, 2.05) is 35.0 Å². The van der Waals surface area contributed by atoms with Crippen molar-refractivity contribution in [1.29, 1.82) is 0 Å². The fourth-order valence-corrected chi connectivity index (χ4v) is 4.70. The van der Waals surface area contributed by atoms with Gasteiger partial charge in [0, 0.05) is 11.1 Å². The summed E-state index contributed by atoms with van der Waals surface area (Å²) in [4.78, 5) is 4.49. The van der Waals surface area contributed by atoms with Crippen molar-refractivity contribution in [2.24, 2.45) is 0 Å². The zero-order valence-corrected chi connectivity index (χ0v) is 19.1. The monoisotopic (exact) mass is 452 g/mol. The summed E-state index contributed by atoms with van der Waals surface area (Å²) in [5.74, 6) is 3.03. The number of nitrogens with zero attached hydrogens (tertiary/aromatic N) is 3. The van der Waals surface area contributed by atoms with Crippen molar-refractivity contribution in [3.8, 4) is 17.2 Å². The number of rotatable bonds is 4. The molecular weight excluding hydrogens is 428 g/mol. The van der Waals surface area contributed by atoms with Crippen LogP contribution in [0, 0.1) is 6.92 Å². The molecule has 2 atom stereocenters. The lowest BCUT2D eigenvalue weighted by atomic mass is 9.84. The van der Waals surface area contributed by atoms with E-state index < -0.39 is 0 Å². The first-order valence-corrected chi connectivity index (χ1v) is 11.1. The number of methoxy groups -OCH3 is 2. The minimum absolute atomic E-state index is 0.217. The predicted molar refractivity (Wildman–Crippen MR) is 129 cm³/mol. The van der Waals surface area contributed by atoms with Crippen LogP contribution in [0.25, 0.3) is 5.70 Å². The highest BCUT2D eigenvalue weighted by Crippen LogP contribution is 2.51. The van der Waals surface area contributed by atoms with Crippen molar-refractivity contribution in [3.63, 3.8) is 0 Å². The Balaban J connectivity index is 1.61. The van der Waals surface area contributed by atoms with Crippen LogP contribution < -0.4 is 19.5 Å². The first-order valence-electron chi connectivity index (χ1n) is 11.1. The van der Waals surface area contributed by atoms with Crippen LogP contribution in [-0.2, 0) is 0 Å². The maximum atomic E-state index is 6.68. The standard InChI is InChI=1S/C27H24N4O3/c1-16-4-6-18(7-5-16)26-23-24(21-14-20(33-3)12-13-22(21)34-26)30-27-28-15-29-31(27)25(23)17-8-10-19(32-2)11-9-17/h4-15,25-26H,1-3H3,(H,28,29,30)/t25-,26+/m0/s1. The number of aryl methyl sites for hydroxylation is 1. The Labute approximate surface area is 197 Å². The summed E-state index contributed by atoms with van der Waals surface area (Å²) in [6, 6.07) is 22.2. The van der Waals surface area contributed by atoms with E-state index in [2.05, 4.69) is 58.7 Å². The Morgan fingerprint density at radius 2 is 1.59 bits per heavy atom. The zero-order valence-electron chi connectivity index (χ0n) is 19.1. The van der Waals surface area contributed by atoms with Gasteiger partial charge < -0.3 is 19.5 Å². The Morgan fingerprint density at radius 3 is 2.32 bits per heavy atom. The second kappa shape index (κ2) is 7.95. The third kappa shape index (κ3) is 3.20. The van der Waals surface area contributed by atoms with E-state index in [0.717, 1.165) is 45.2 Å². The summed E-state index contributed by atoms with van der Waals surface area (Å²) < 4.78 is 19.5. The van der Waals surface area contributed by atoms with Crippen LogP contribution >= 0.6 is 0 Å². The molecule has 0 spiro atoms. The molecule has 0 radical (unpaired) electrons. The number of hydrogen-bond acceptors (Lipinski definition) is 6. The molecule has 0 saturated carbocycles. The van der Waals surface area contributed by atoms with E-state index in [9.17, 15) is 0 Å². The van der Waals surface area contributed by atoms with Crippen molar-refractivity contribution in [2.75, 3.05) is 19.5 Å². The minimum Gasteiger partial charge on any atom is -0.497 e. The average Bonchev–Trinajstić information content (AvgIpc) is 3.35. The fourth-order valence-electron chi connectivity index (χ4n) is 4.70. The van der Waals surface area contributed by atoms with E-state index in [1.54, 1.807) is 20.5 Å². The largest absolute Gasteiger partial charge is 0.497 e. The summed E-state index contributed by atoms with van der Waals surface area (Å²) >= 11 is 0. The number of fused-ring (bicyclic) bond motifs is 3. The molecule has 7 heteroatoms. The highest BCUT2D eigenvalue weighted by Gasteiger charge is 2.41. The van der Waals surface area contributed by atoms with Crippen LogP contribution in [0.1, 0.15) is 34.4 Å². The maximum Gasteiger partial charge on any atom is 0.226 e. The van der Waals surface area contributed by atoms with Crippen LogP contribution in [0.4, 0.5) is 5.95 Å². The molecule has 7 nitrogen and oxygen atoms in total. The number of ether oxygens (including phenoxy) is 3. The predicted octanol–water partition coefficient (Wildman–Crippen LogP) is 5.16. The Kier molecular flexibility index (Phi) is 4.76. The van der Waals surface area contributed by atoms with Crippen LogP contribution in [0.5, 0.6) is 17.2 Å². The maximum absolute atomic E-state index is 6.68. The van der Waals surface area contributed by atoms with Crippen molar-refractivity contribution in [3.05, 3.63) is 101 Å². The normalized spacial score (nSPS) is 18.2. The number of aromatic nitrogens is 3. The Hall–Kier alpha value is -4.26. The smallest absolute Gasteiger partial charge is 0.226 e. The lowest BCUT2D eigenvalue weighted by Gasteiger charge is -2.39. The summed E-state index contributed by atoms with van der Waals surface area (Å²) in [5.41, 5.74) is 6.30. The first kappa shape index (κ1) is 20.4. The van der Waals surface area contributed by atoms with Gasteiger partial charge in [0.25, 0.3) is 0 Å². The van der Waals surface area contributed by atoms with Gasteiger partial charge in [-0.15, -0.1) is 0 Å². The van der Waals surface area contributed by atoms with E-state index in [-0.39, 0.29) is 12.1 Å². The van der Waals surface area contributed by atoms with Crippen LogP contribution in [0.15, 0.2) is 78.6 Å². The molecule has 3 aromatic carbocycles. The van der Waals surface area contributed by atoms with Crippen molar-refractivity contribution >= 4 is 11.6 Å². The molecule has 6 rings (SSSR count). The van der Waals surface area contributed by atoms with Crippen LogP contribution in [0.2, 0.25) is 0 Å². The quantitative estimate of drug-likeness (QED) is 0.461. The highest BCUT2D eigenvalue weighted by molar-refractivity contribution is 5.85. The van der Waals surface area contributed by atoms with Gasteiger partial charge in [-0.05, 0) is 48.4 Å². The molecule has 2 aliphatic heterocycles. The van der Waals surface area contributed by atoms with Gasteiger partial charge in [0.05, 0.1) is 19.9 Å². The molecule has 1 aromatic heterocycles. The van der Waals surface area contributed by atoms with E-state index in [4.69, 9.17) is 14.2 Å². The summed E-state index contributed by atoms with van der Waals surface area (Å²) in [7, 11) is 3.34. The minimum atomic E-state index is -0.312. The van der Waals surface area contributed by atoms with Crippen LogP contribution in [-0.4, -0.2) is 29.0 Å². The Morgan fingerprint density at radius 1 is 0.882 bits per heavy atom. The van der Waals surface area contributed by atoms with Crippen molar-refractivity contribution < 1.29 is 14.2 Å². The molecule has 0 amide bonds. The average molecular weight is 453 g/mol. The molecule has 4 aromatic rings. The lowest BCUT2D eigenvalue weighted by molar-refractivity contribution is 0.222. The number of benzene rings is 3. The zero-order chi connectivity index (χ0) is 23.2. The lowest BCUT2D eigenvalue weighted by Crippen LogP contribution is -2.32.